The Bertz CT molecular complexity index is 309. The Kier molecular flexibility index (Phi) is 2.88. The summed E-state index contributed by atoms with van der Waals surface area (Å²) in [6.45, 7) is 7.22. The first-order valence-electron chi connectivity index (χ1n) is 3.35. The Labute approximate surface area is 76.3 Å². The summed E-state index contributed by atoms with van der Waals surface area (Å²) in [4.78, 5) is 4.04. The van der Waals surface area contributed by atoms with Gasteiger partial charge in [0.2, 0.25) is 0 Å². The zero-order chi connectivity index (χ0) is 8.97. The van der Waals surface area contributed by atoms with Crippen LogP contribution in [0.15, 0.2) is 31.5 Å². The largest absolute Gasteiger partial charge is 0.384 e. The van der Waals surface area contributed by atoms with Gasteiger partial charge in [0.15, 0.2) is 5.76 Å². The highest BCUT2D eigenvalue weighted by Gasteiger charge is 2.04. The second-order valence-corrected chi connectivity index (χ2v) is 2.30. The van der Waals surface area contributed by atoms with Gasteiger partial charge in [-0.2, -0.15) is 0 Å². The second kappa shape index (κ2) is 3.93. The van der Waals surface area contributed by atoms with E-state index in [2.05, 4.69) is 22.4 Å². The summed E-state index contributed by atoms with van der Waals surface area (Å²) in [6.07, 6.45) is 3.31. The van der Waals surface area contributed by atoms with Gasteiger partial charge < -0.3 is 4.29 Å². The maximum Gasteiger partial charge on any atom is 0.165 e. The van der Waals surface area contributed by atoms with Crippen molar-refractivity contribution in [3.8, 4) is 0 Å². The number of hydrogen-bond donors (Lipinski definition) is 0. The lowest BCUT2D eigenvalue weighted by Gasteiger charge is -2.03. The Morgan fingerprint density at radius 1 is 1.67 bits per heavy atom. The van der Waals surface area contributed by atoms with Gasteiger partial charge in [-0.3, -0.25) is 4.98 Å². The topological polar surface area (TPSA) is 22.1 Å². The van der Waals surface area contributed by atoms with E-state index in [1.54, 1.807) is 12.3 Å². The van der Waals surface area contributed by atoms with Crippen molar-refractivity contribution in [2.75, 3.05) is 0 Å². The molecule has 0 bridgehead atoms. The SMILES string of the molecule is C=Cc1cccnc1C(=C)OCl. The molecule has 0 aromatic carbocycles. The number of halogens is 1. The Morgan fingerprint density at radius 3 is 3.00 bits per heavy atom. The minimum Gasteiger partial charge on any atom is -0.384 e. The molecule has 0 N–H and O–H groups in total. The highest BCUT2D eigenvalue weighted by molar-refractivity contribution is 6.10. The van der Waals surface area contributed by atoms with Crippen molar-refractivity contribution < 1.29 is 4.29 Å². The fourth-order valence-electron chi connectivity index (χ4n) is 0.852. The molecule has 12 heavy (non-hydrogen) atoms. The monoisotopic (exact) mass is 181 g/mol. The molecule has 0 saturated heterocycles. The third-order valence-electron chi connectivity index (χ3n) is 1.42. The number of rotatable bonds is 3. The average molecular weight is 182 g/mol. The molecule has 0 aliphatic rings. The zero-order valence-electron chi connectivity index (χ0n) is 6.46. The summed E-state index contributed by atoms with van der Waals surface area (Å²) in [6, 6.07) is 3.67. The molecule has 1 aromatic rings. The maximum atomic E-state index is 5.14. The molecule has 0 aliphatic heterocycles. The summed E-state index contributed by atoms with van der Waals surface area (Å²) in [5.41, 5.74) is 1.46. The molecule has 0 atom stereocenters. The zero-order valence-corrected chi connectivity index (χ0v) is 7.21. The number of aromatic nitrogens is 1. The first kappa shape index (κ1) is 8.81. The average Bonchev–Trinajstić information content (AvgIpc) is 2.16. The van der Waals surface area contributed by atoms with Gasteiger partial charge in [0, 0.05) is 11.8 Å². The predicted octanol–water partition coefficient (Wildman–Crippen LogP) is 2.87. The van der Waals surface area contributed by atoms with E-state index in [4.69, 9.17) is 11.9 Å². The van der Waals surface area contributed by atoms with Gasteiger partial charge in [-0.05, 0) is 6.07 Å². The van der Waals surface area contributed by atoms with Crippen LogP contribution in [0.3, 0.4) is 0 Å². The minimum atomic E-state index is 0.326. The molecule has 0 saturated carbocycles. The molecule has 0 fully saturated rings. The summed E-state index contributed by atoms with van der Waals surface area (Å²) in [7, 11) is 0. The number of nitrogens with zero attached hydrogens (tertiary/aromatic N) is 1. The fraction of sp³-hybridized carbons (Fsp3) is 0. The summed E-state index contributed by atoms with van der Waals surface area (Å²) >= 11 is 5.14. The molecule has 1 aromatic heterocycles. The van der Waals surface area contributed by atoms with Crippen LogP contribution in [0.5, 0.6) is 0 Å². The molecule has 0 radical (unpaired) electrons. The van der Waals surface area contributed by atoms with Gasteiger partial charge in [0.05, 0.1) is 0 Å². The highest BCUT2D eigenvalue weighted by Crippen LogP contribution is 2.17. The molecule has 1 rings (SSSR count). The van der Waals surface area contributed by atoms with Gasteiger partial charge in [-0.25, -0.2) is 0 Å². The second-order valence-electron chi connectivity index (χ2n) is 2.15. The lowest BCUT2D eigenvalue weighted by atomic mass is 10.2. The number of hydrogen-bond acceptors (Lipinski definition) is 2. The van der Waals surface area contributed by atoms with Crippen LogP contribution in [0.2, 0.25) is 0 Å². The van der Waals surface area contributed by atoms with Crippen LogP contribution in [0.4, 0.5) is 0 Å². The predicted molar refractivity (Wildman–Crippen MR) is 50.3 cm³/mol. The van der Waals surface area contributed by atoms with E-state index in [-0.39, 0.29) is 0 Å². The van der Waals surface area contributed by atoms with E-state index in [1.165, 1.54) is 0 Å². The molecule has 0 amide bonds. The quantitative estimate of drug-likeness (QED) is 0.669. The third-order valence-corrected chi connectivity index (χ3v) is 1.60. The van der Waals surface area contributed by atoms with Crippen LogP contribution in [0.1, 0.15) is 11.3 Å². The molecular formula is C9H8ClNO. The Hall–Kier alpha value is -1.28. The van der Waals surface area contributed by atoms with Gasteiger partial charge >= 0.3 is 0 Å². The van der Waals surface area contributed by atoms with E-state index in [9.17, 15) is 0 Å². The van der Waals surface area contributed by atoms with Crippen LogP contribution in [-0.2, 0) is 4.29 Å². The van der Waals surface area contributed by atoms with E-state index in [0.717, 1.165) is 5.56 Å². The van der Waals surface area contributed by atoms with Crippen LogP contribution in [0.25, 0.3) is 11.8 Å². The molecule has 0 unspecified atom stereocenters. The molecule has 2 nitrogen and oxygen atoms in total. The van der Waals surface area contributed by atoms with Gasteiger partial charge in [0.25, 0.3) is 0 Å². The molecule has 3 heteroatoms. The Morgan fingerprint density at radius 2 is 2.42 bits per heavy atom. The minimum absolute atomic E-state index is 0.326. The van der Waals surface area contributed by atoms with Crippen molar-refractivity contribution in [2.24, 2.45) is 0 Å². The first-order chi connectivity index (χ1) is 5.79. The molecule has 62 valence electrons. The molecule has 1 heterocycles. The molecule has 0 spiro atoms. The van der Waals surface area contributed by atoms with Crippen molar-refractivity contribution in [2.45, 2.75) is 0 Å². The van der Waals surface area contributed by atoms with Crippen molar-refractivity contribution in [1.82, 2.24) is 4.98 Å². The van der Waals surface area contributed by atoms with Crippen molar-refractivity contribution in [3.63, 3.8) is 0 Å². The van der Waals surface area contributed by atoms with E-state index in [1.807, 2.05) is 12.1 Å². The van der Waals surface area contributed by atoms with Crippen molar-refractivity contribution in [3.05, 3.63) is 42.7 Å². The lowest BCUT2D eigenvalue weighted by molar-refractivity contribution is 0.573. The van der Waals surface area contributed by atoms with Crippen LogP contribution < -0.4 is 0 Å². The van der Waals surface area contributed by atoms with Crippen LogP contribution in [0, 0.1) is 0 Å². The van der Waals surface area contributed by atoms with Gasteiger partial charge in [-0.15, -0.1) is 0 Å². The summed E-state index contributed by atoms with van der Waals surface area (Å²) < 4.78 is 4.45. The molecular weight excluding hydrogens is 174 g/mol. The van der Waals surface area contributed by atoms with Crippen molar-refractivity contribution in [1.29, 1.82) is 0 Å². The first-order valence-corrected chi connectivity index (χ1v) is 3.65. The van der Waals surface area contributed by atoms with E-state index < -0.39 is 0 Å². The van der Waals surface area contributed by atoms with E-state index >= 15 is 0 Å². The smallest absolute Gasteiger partial charge is 0.165 e. The van der Waals surface area contributed by atoms with Crippen molar-refractivity contribution >= 4 is 23.7 Å². The fourth-order valence-corrected chi connectivity index (χ4v) is 0.925. The van der Waals surface area contributed by atoms with Crippen LogP contribution in [-0.4, -0.2) is 4.98 Å². The van der Waals surface area contributed by atoms with Gasteiger partial charge in [-0.1, -0.05) is 25.3 Å². The third kappa shape index (κ3) is 1.66. The normalized spacial score (nSPS) is 9.08. The standard InChI is InChI=1S/C9H8ClNO/c1-3-8-5-4-6-11-9(8)7(2)12-10/h3-6H,1-2H2. The summed E-state index contributed by atoms with van der Waals surface area (Å²) in [5.74, 6) is 0.326. The maximum absolute atomic E-state index is 5.14. The molecule has 0 aliphatic carbocycles. The van der Waals surface area contributed by atoms with Gasteiger partial charge in [0.1, 0.15) is 17.6 Å². The number of pyridine rings is 1. The lowest BCUT2D eigenvalue weighted by Crippen LogP contribution is -1.90. The van der Waals surface area contributed by atoms with E-state index in [0.29, 0.717) is 11.5 Å². The van der Waals surface area contributed by atoms with Crippen LogP contribution >= 0.6 is 11.9 Å². The Balaban J connectivity index is 3.13. The highest BCUT2D eigenvalue weighted by atomic mass is 35.5. The summed E-state index contributed by atoms with van der Waals surface area (Å²) in [5, 5.41) is 0.